The molecule has 4 aromatic rings. The van der Waals surface area contributed by atoms with Gasteiger partial charge >= 0.3 is 260 Å². The predicted octanol–water partition coefficient (Wildman–Crippen LogP) is 4.01. The minimum atomic E-state index is -2.72. The van der Waals surface area contributed by atoms with Gasteiger partial charge in [0.25, 0.3) is 0 Å². The molecular weight excluding hydrogens is 720 g/mol. The van der Waals surface area contributed by atoms with Gasteiger partial charge in [-0.05, 0) is 0 Å². The molecule has 0 N–H and O–H groups in total. The first kappa shape index (κ1) is 32.9. The van der Waals surface area contributed by atoms with Gasteiger partial charge in [-0.2, -0.15) is 0 Å². The molecule has 0 saturated carbocycles. The average Bonchev–Trinajstić information content (AvgIpc) is 2.76. The van der Waals surface area contributed by atoms with E-state index in [1.807, 2.05) is 0 Å². The predicted molar refractivity (Wildman–Crippen MR) is 173 cm³/mol. The summed E-state index contributed by atoms with van der Waals surface area (Å²) in [6.07, 6.45) is 0. The van der Waals surface area contributed by atoms with Crippen LogP contribution >= 0.6 is 0 Å². The van der Waals surface area contributed by atoms with E-state index in [0.29, 0.717) is 0 Å². The fourth-order valence-corrected chi connectivity index (χ4v) is 15.2. The maximum atomic E-state index is 13.2. The summed E-state index contributed by atoms with van der Waals surface area (Å²) in [6.45, 7) is 25.0. The Balaban J connectivity index is 0.000000220. The zero-order chi connectivity index (χ0) is 30.0. The first-order valence-corrected chi connectivity index (χ1v) is 20.3. The molecule has 0 radical (unpaired) electrons. The van der Waals surface area contributed by atoms with E-state index in [-0.39, 0.29) is 0 Å². The normalized spacial score (nSPS) is 11.2. The van der Waals surface area contributed by atoms with Crippen LogP contribution in [-0.2, 0) is 0 Å². The van der Waals surface area contributed by atoms with Gasteiger partial charge in [0.15, 0.2) is 0 Å². The monoisotopic (exact) mass is 768 g/mol. The second-order valence-corrected chi connectivity index (χ2v) is 19.2. The molecule has 0 aromatic heterocycles. The molecular formula is C36H44O2Te2. The zero-order valence-corrected chi connectivity index (χ0v) is 30.9. The van der Waals surface area contributed by atoms with Crippen molar-refractivity contribution < 1.29 is 6.94 Å². The Morgan fingerprint density at radius 3 is 0.550 bits per heavy atom. The first-order valence-electron chi connectivity index (χ1n) is 13.8. The van der Waals surface area contributed by atoms with Crippen LogP contribution in [0, 0.1) is 83.1 Å². The van der Waals surface area contributed by atoms with Gasteiger partial charge in [0.05, 0.1) is 0 Å². The summed E-state index contributed by atoms with van der Waals surface area (Å²) >= 11 is -5.44. The molecule has 0 saturated heterocycles. The third-order valence-corrected chi connectivity index (χ3v) is 18.7. The maximum absolute atomic E-state index is 13.2. The molecule has 0 spiro atoms. The van der Waals surface area contributed by atoms with Gasteiger partial charge in [0.1, 0.15) is 0 Å². The van der Waals surface area contributed by atoms with Gasteiger partial charge in [0, 0.05) is 0 Å². The Morgan fingerprint density at radius 1 is 0.300 bits per heavy atom. The standard InChI is InChI=1S/2C18H22OTe/c2*1-11-7-13(3)17(14(4)8-11)20(19)18-15(5)9-12(2)10-16(18)6/h2*7-10H,1-6H3. The fraction of sp³-hybridized carbons (Fsp3) is 0.333. The number of benzene rings is 4. The van der Waals surface area contributed by atoms with Crippen LogP contribution in [0.2, 0.25) is 0 Å². The third-order valence-electron chi connectivity index (χ3n) is 7.16. The van der Waals surface area contributed by atoms with Crippen LogP contribution in [0.15, 0.2) is 48.5 Å². The molecule has 4 rings (SSSR count). The zero-order valence-electron chi connectivity index (χ0n) is 26.3. The molecule has 0 atom stereocenters. The van der Waals surface area contributed by atoms with Crippen molar-refractivity contribution in [2.75, 3.05) is 0 Å². The van der Waals surface area contributed by atoms with Crippen molar-refractivity contribution in [3.63, 3.8) is 0 Å². The van der Waals surface area contributed by atoms with Gasteiger partial charge < -0.3 is 0 Å². The van der Waals surface area contributed by atoms with Crippen molar-refractivity contribution in [2.24, 2.45) is 0 Å². The van der Waals surface area contributed by atoms with Crippen molar-refractivity contribution in [1.82, 2.24) is 0 Å². The molecule has 0 aliphatic heterocycles. The first-order chi connectivity index (χ1) is 18.6. The number of rotatable bonds is 4. The van der Waals surface area contributed by atoms with Crippen molar-refractivity contribution >= 4 is 54.4 Å². The summed E-state index contributed by atoms with van der Waals surface area (Å²) in [6, 6.07) is 17.2. The summed E-state index contributed by atoms with van der Waals surface area (Å²) in [7, 11) is 0. The molecule has 2 nitrogen and oxygen atoms in total. The quantitative estimate of drug-likeness (QED) is 0.296. The fourth-order valence-electron chi connectivity index (χ4n) is 6.04. The van der Waals surface area contributed by atoms with E-state index >= 15 is 0 Å². The van der Waals surface area contributed by atoms with Crippen molar-refractivity contribution in [1.29, 1.82) is 0 Å². The molecule has 212 valence electrons. The van der Waals surface area contributed by atoms with E-state index < -0.39 is 39.9 Å². The average molecular weight is 764 g/mol. The Kier molecular flexibility index (Phi) is 11.2. The Morgan fingerprint density at radius 2 is 0.425 bits per heavy atom. The van der Waals surface area contributed by atoms with Crippen LogP contribution in [0.5, 0.6) is 0 Å². The Hall–Kier alpha value is -1.62. The molecule has 0 unspecified atom stereocenters. The summed E-state index contributed by atoms with van der Waals surface area (Å²) in [5.74, 6) is 0. The Bertz CT molecular complexity index is 1230. The molecule has 4 aromatic carbocycles. The third kappa shape index (κ3) is 7.41. The van der Waals surface area contributed by atoms with Crippen LogP contribution in [0.1, 0.15) is 66.8 Å². The molecule has 0 fully saturated rings. The van der Waals surface area contributed by atoms with Crippen molar-refractivity contribution in [2.45, 2.75) is 83.1 Å². The summed E-state index contributed by atoms with van der Waals surface area (Å²) in [4.78, 5) is 0. The van der Waals surface area contributed by atoms with Crippen molar-refractivity contribution in [3.8, 4) is 0 Å². The van der Waals surface area contributed by atoms with Crippen molar-refractivity contribution in [3.05, 3.63) is 115 Å². The van der Waals surface area contributed by atoms with Crippen LogP contribution < -0.4 is 21.4 Å². The van der Waals surface area contributed by atoms with Crippen LogP contribution in [0.3, 0.4) is 0 Å². The van der Waals surface area contributed by atoms with Gasteiger partial charge in [0.2, 0.25) is 0 Å². The minimum absolute atomic E-state index is 1.11. The molecule has 0 bridgehead atoms. The molecule has 40 heavy (non-hydrogen) atoms. The topological polar surface area (TPSA) is 46.1 Å². The van der Waals surface area contributed by atoms with E-state index in [9.17, 15) is 6.94 Å². The summed E-state index contributed by atoms with van der Waals surface area (Å²) in [5.41, 5.74) is 14.4. The summed E-state index contributed by atoms with van der Waals surface area (Å²) < 4.78 is 30.8. The van der Waals surface area contributed by atoms with Crippen LogP contribution in [0.25, 0.3) is 0 Å². The van der Waals surface area contributed by atoms with E-state index in [2.05, 4.69) is 132 Å². The van der Waals surface area contributed by atoms with Gasteiger partial charge in [-0.1, -0.05) is 0 Å². The van der Waals surface area contributed by atoms with E-state index in [1.54, 1.807) is 0 Å². The number of hydrogen-bond acceptors (Lipinski definition) is 2. The van der Waals surface area contributed by atoms with Gasteiger partial charge in [-0.15, -0.1) is 0 Å². The van der Waals surface area contributed by atoms with Gasteiger partial charge in [-0.3, -0.25) is 0 Å². The van der Waals surface area contributed by atoms with E-state index in [1.165, 1.54) is 66.8 Å². The second-order valence-electron chi connectivity index (χ2n) is 11.4. The van der Waals surface area contributed by atoms with Crippen LogP contribution in [0.4, 0.5) is 0 Å². The molecule has 4 heteroatoms. The molecule has 0 aliphatic rings. The SMILES string of the molecule is Cc1cc(C)c([Te+]([O-])c2c(C)cc(C)cc2C)c(C)c1.Cc1cc(C)c([Te+]([O-])c2c(C)cc(C)cc2C)c(C)c1. The Labute approximate surface area is 257 Å². The summed E-state index contributed by atoms with van der Waals surface area (Å²) in [5, 5.41) is 0. The number of aryl methyl sites for hydroxylation is 12. The van der Waals surface area contributed by atoms with E-state index in [4.69, 9.17) is 0 Å². The van der Waals surface area contributed by atoms with Crippen LogP contribution in [-0.4, -0.2) is 39.9 Å². The van der Waals surface area contributed by atoms with E-state index in [0.717, 1.165) is 14.4 Å². The molecule has 0 amide bonds. The molecule has 0 aliphatic carbocycles. The molecule has 0 heterocycles. The van der Waals surface area contributed by atoms with Gasteiger partial charge in [-0.25, -0.2) is 0 Å². The number of hydrogen-bond donors (Lipinski definition) is 0. The second kappa shape index (κ2) is 13.6.